The Hall–Kier alpha value is -4.72. The molecule has 4 aromatic rings. The fraction of sp³-hybridized carbons (Fsp3) is 0.200. The van der Waals surface area contributed by atoms with E-state index in [-0.39, 0.29) is 36.7 Å². The molecule has 0 N–H and O–H groups in total. The smallest absolute Gasteiger partial charge is 0.261 e. The van der Waals surface area contributed by atoms with E-state index in [4.69, 9.17) is 9.47 Å². The molecule has 1 aromatic heterocycles. The Kier molecular flexibility index (Phi) is 6.79. The summed E-state index contributed by atoms with van der Waals surface area (Å²) in [7, 11) is 1.61. The normalized spacial score (nSPS) is 12.7. The predicted octanol–water partition coefficient (Wildman–Crippen LogP) is 5.06. The first kappa shape index (κ1) is 25.0. The van der Waals surface area contributed by atoms with Gasteiger partial charge in [-0.2, -0.15) is 0 Å². The molecule has 192 valence electrons. The van der Waals surface area contributed by atoms with Crippen LogP contribution < -0.4 is 9.47 Å². The van der Waals surface area contributed by atoms with Crippen molar-refractivity contribution in [2.24, 2.45) is 5.92 Å². The van der Waals surface area contributed by atoms with Crippen LogP contribution in [-0.4, -0.2) is 52.3 Å². The van der Waals surface area contributed by atoms with Gasteiger partial charge in [-0.3, -0.25) is 23.9 Å². The number of carbonyl (C=O) groups excluding carboxylic acids is 3. The molecule has 0 atom stereocenters. The van der Waals surface area contributed by atoms with Gasteiger partial charge in [0.1, 0.15) is 29.6 Å². The number of hydrogen-bond acceptors (Lipinski definition) is 6. The number of nitrogens with zero attached hydrogens (tertiary/aromatic N) is 3. The molecular formula is C30H27N3O5. The highest BCUT2D eigenvalue weighted by atomic mass is 16.5. The third-order valence-corrected chi connectivity index (χ3v) is 6.41. The summed E-state index contributed by atoms with van der Waals surface area (Å²) in [5.41, 5.74) is 2.89. The van der Waals surface area contributed by atoms with Gasteiger partial charge in [0, 0.05) is 23.4 Å². The Labute approximate surface area is 220 Å². The summed E-state index contributed by atoms with van der Waals surface area (Å²) in [5, 5.41) is 0. The maximum Gasteiger partial charge on any atom is 0.261 e. The summed E-state index contributed by atoms with van der Waals surface area (Å²) in [6.07, 6.45) is 1.75. The number of ether oxygens (including phenoxy) is 2. The second-order valence-corrected chi connectivity index (χ2v) is 9.22. The van der Waals surface area contributed by atoms with Gasteiger partial charge in [-0.25, -0.2) is 4.98 Å². The first-order valence-electron chi connectivity index (χ1n) is 12.3. The Morgan fingerprint density at radius 3 is 2.05 bits per heavy atom. The van der Waals surface area contributed by atoms with E-state index in [0.717, 1.165) is 17.0 Å². The SMILES string of the molecule is COc1ccc(-c2nc(C(=O)C(C)C)cn2-c2ccc(OCCN3C(=O)c4ccccc4C3=O)cc2)cc1. The molecule has 5 rings (SSSR count). The second kappa shape index (κ2) is 10.3. The third kappa shape index (κ3) is 4.68. The van der Waals surface area contributed by atoms with Gasteiger partial charge in [-0.15, -0.1) is 0 Å². The summed E-state index contributed by atoms with van der Waals surface area (Å²) in [6.45, 7) is 4.02. The van der Waals surface area contributed by atoms with Gasteiger partial charge in [0.25, 0.3) is 11.8 Å². The van der Waals surface area contributed by atoms with Crippen molar-refractivity contribution in [3.63, 3.8) is 0 Å². The predicted molar refractivity (Wildman–Crippen MR) is 142 cm³/mol. The van der Waals surface area contributed by atoms with E-state index in [9.17, 15) is 14.4 Å². The number of hydrogen-bond donors (Lipinski definition) is 0. The lowest BCUT2D eigenvalue weighted by atomic mass is 10.1. The Balaban J connectivity index is 1.32. The fourth-order valence-corrected chi connectivity index (χ4v) is 4.34. The van der Waals surface area contributed by atoms with Crippen LogP contribution in [0.5, 0.6) is 11.5 Å². The number of Topliss-reactive ketones (excluding diaryl/α,β-unsaturated/α-hetero) is 1. The molecule has 1 aliphatic rings. The molecule has 0 bridgehead atoms. The Morgan fingerprint density at radius 2 is 1.47 bits per heavy atom. The van der Waals surface area contributed by atoms with Crippen molar-refractivity contribution in [2.75, 3.05) is 20.3 Å². The van der Waals surface area contributed by atoms with Crippen molar-refractivity contribution >= 4 is 17.6 Å². The second-order valence-electron chi connectivity index (χ2n) is 9.22. The van der Waals surface area contributed by atoms with Crippen LogP contribution in [0, 0.1) is 5.92 Å². The van der Waals surface area contributed by atoms with Crippen molar-refractivity contribution in [1.82, 2.24) is 14.5 Å². The van der Waals surface area contributed by atoms with Gasteiger partial charge in [0.05, 0.1) is 24.8 Å². The van der Waals surface area contributed by atoms with E-state index in [1.165, 1.54) is 4.90 Å². The fourth-order valence-electron chi connectivity index (χ4n) is 4.34. The molecule has 0 aliphatic carbocycles. The molecule has 0 spiro atoms. The highest BCUT2D eigenvalue weighted by Crippen LogP contribution is 2.27. The van der Waals surface area contributed by atoms with Crippen LogP contribution in [-0.2, 0) is 0 Å². The van der Waals surface area contributed by atoms with Crippen molar-refractivity contribution in [2.45, 2.75) is 13.8 Å². The summed E-state index contributed by atoms with van der Waals surface area (Å²) in [5.74, 6) is 1.13. The largest absolute Gasteiger partial charge is 0.497 e. The van der Waals surface area contributed by atoms with Crippen molar-refractivity contribution in [3.05, 3.63) is 95.8 Å². The first-order chi connectivity index (χ1) is 18.4. The number of benzene rings is 3. The average Bonchev–Trinajstić information content (AvgIpc) is 3.49. The molecule has 0 saturated carbocycles. The Morgan fingerprint density at radius 1 is 0.868 bits per heavy atom. The number of aromatic nitrogens is 2. The lowest BCUT2D eigenvalue weighted by molar-refractivity contribution is 0.0631. The molecule has 0 unspecified atom stereocenters. The minimum absolute atomic E-state index is 0.0355. The van der Waals surface area contributed by atoms with Crippen LogP contribution in [0.3, 0.4) is 0 Å². The molecule has 1 aliphatic heterocycles. The highest BCUT2D eigenvalue weighted by Gasteiger charge is 2.34. The molecule has 3 aromatic carbocycles. The molecule has 2 heterocycles. The van der Waals surface area contributed by atoms with E-state index in [1.54, 1.807) is 49.7 Å². The highest BCUT2D eigenvalue weighted by molar-refractivity contribution is 6.21. The minimum atomic E-state index is -0.303. The first-order valence-corrected chi connectivity index (χ1v) is 12.3. The zero-order valence-corrected chi connectivity index (χ0v) is 21.4. The summed E-state index contributed by atoms with van der Waals surface area (Å²) < 4.78 is 13.0. The molecule has 2 amide bonds. The molecule has 8 heteroatoms. The maximum absolute atomic E-state index is 12.7. The van der Waals surface area contributed by atoms with E-state index >= 15 is 0 Å². The van der Waals surface area contributed by atoms with Gasteiger partial charge in [-0.1, -0.05) is 26.0 Å². The summed E-state index contributed by atoms with van der Waals surface area (Å²) in [4.78, 5) is 43.6. The van der Waals surface area contributed by atoms with E-state index < -0.39 is 0 Å². The van der Waals surface area contributed by atoms with Crippen molar-refractivity contribution < 1.29 is 23.9 Å². The number of fused-ring (bicyclic) bond motifs is 1. The lowest BCUT2D eigenvalue weighted by Crippen LogP contribution is -2.33. The number of methoxy groups -OCH3 is 1. The summed E-state index contributed by atoms with van der Waals surface area (Å²) >= 11 is 0. The molecular weight excluding hydrogens is 482 g/mol. The molecule has 8 nitrogen and oxygen atoms in total. The van der Waals surface area contributed by atoms with Gasteiger partial charge >= 0.3 is 0 Å². The molecule has 0 radical (unpaired) electrons. The number of carbonyl (C=O) groups is 3. The number of amides is 2. The van der Waals surface area contributed by atoms with Crippen LogP contribution in [0.1, 0.15) is 45.1 Å². The number of rotatable bonds is 9. The van der Waals surface area contributed by atoms with E-state index in [1.807, 2.05) is 54.8 Å². The van der Waals surface area contributed by atoms with Gasteiger partial charge in [-0.05, 0) is 60.7 Å². The minimum Gasteiger partial charge on any atom is -0.497 e. The number of imidazole rings is 1. The molecule has 38 heavy (non-hydrogen) atoms. The zero-order valence-electron chi connectivity index (χ0n) is 21.4. The Bertz CT molecular complexity index is 1470. The maximum atomic E-state index is 12.7. The van der Waals surface area contributed by atoms with E-state index in [0.29, 0.717) is 28.4 Å². The topological polar surface area (TPSA) is 90.7 Å². The standard InChI is InChI=1S/C30H27N3O5/c1-19(2)27(34)26-18-33(28(31-26)20-8-12-22(37-3)13-9-20)21-10-14-23(15-11-21)38-17-16-32-29(35)24-6-4-5-7-25(24)30(32)36/h4-15,18-19H,16-17H2,1-3H3. The monoisotopic (exact) mass is 509 g/mol. The lowest BCUT2D eigenvalue weighted by Gasteiger charge is -2.15. The van der Waals surface area contributed by atoms with Gasteiger partial charge in [0.2, 0.25) is 0 Å². The van der Waals surface area contributed by atoms with Crippen LogP contribution in [0.2, 0.25) is 0 Å². The van der Waals surface area contributed by atoms with Crippen molar-refractivity contribution in [1.29, 1.82) is 0 Å². The zero-order chi connectivity index (χ0) is 26.8. The summed E-state index contributed by atoms with van der Waals surface area (Å²) in [6, 6.07) is 21.7. The van der Waals surface area contributed by atoms with Crippen LogP contribution in [0.15, 0.2) is 79.0 Å². The van der Waals surface area contributed by atoms with Crippen LogP contribution in [0.25, 0.3) is 17.1 Å². The van der Waals surface area contributed by atoms with Crippen LogP contribution in [0.4, 0.5) is 0 Å². The molecule has 0 saturated heterocycles. The van der Waals surface area contributed by atoms with Gasteiger partial charge in [0.15, 0.2) is 5.78 Å². The third-order valence-electron chi connectivity index (χ3n) is 6.41. The van der Waals surface area contributed by atoms with E-state index in [2.05, 4.69) is 4.98 Å². The van der Waals surface area contributed by atoms with Gasteiger partial charge < -0.3 is 9.47 Å². The number of ketones is 1. The molecule has 0 fully saturated rings. The van der Waals surface area contributed by atoms with Crippen LogP contribution >= 0.6 is 0 Å². The quantitative estimate of drug-likeness (QED) is 0.231. The average molecular weight is 510 g/mol. The number of imide groups is 1. The van der Waals surface area contributed by atoms with Crippen molar-refractivity contribution in [3.8, 4) is 28.6 Å².